The van der Waals surface area contributed by atoms with Gasteiger partial charge in [-0.15, -0.1) is 0 Å². The number of aromatic amines is 1. The number of carbonyl (C=O) groups is 1. The maximum Gasteiger partial charge on any atom is 0.355 e. The lowest BCUT2D eigenvalue weighted by Gasteiger charge is -2.01. The predicted octanol–water partition coefficient (Wildman–Crippen LogP) is 0.441. The van der Waals surface area contributed by atoms with E-state index in [-0.39, 0.29) is 10.5 Å². The summed E-state index contributed by atoms with van der Waals surface area (Å²) in [7, 11) is 0. The highest BCUT2D eigenvalue weighted by molar-refractivity contribution is 7.71. The maximum atomic E-state index is 10.8. The average Bonchev–Trinajstić information content (AvgIpc) is 2.49. The molecule has 2 heterocycles. The zero-order chi connectivity index (χ0) is 9.42. The summed E-state index contributed by atoms with van der Waals surface area (Å²) in [6.07, 6.45) is 0. The summed E-state index contributed by atoms with van der Waals surface area (Å²) in [5.74, 6) is -1.03. The maximum absolute atomic E-state index is 10.8. The molecule has 0 saturated carbocycles. The Hall–Kier alpha value is -1.27. The second-order valence-corrected chi connectivity index (χ2v) is 3.14. The second-order valence-electron chi connectivity index (χ2n) is 2.76. The zero-order valence-electron chi connectivity index (χ0n) is 6.63. The molecule has 0 atom stereocenters. The third-order valence-corrected chi connectivity index (χ3v) is 2.12. The number of aromatic nitrogens is 2. The molecule has 0 fully saturated rings. The molecule has 0 radical (unpaired) electrons. The molecule has 1 aliphatic rings. The van der Waals surface area contributed by atoms with Crippen molar-refractivity contribution in [3.05, 3.63) is 21.7 Å². The standard InChI is InChI=1S/C7H7N3O2S/c11-6(12)5-3-1-8-2-4(3)9-7(13)10-5/h8H,1-2H2,(H,11,12)(H,9,10,13). The van der Waals surface area contributed by atoms with Crippen molar-refractivity contribution in [2.24, 2.45) is 0 Å². The van der Waals surface area contributed by atoms with Gasteiger partial charge in [-0.2, -0.15) is 0 Å². The Bertz CT molecular complexity index is 426. The van der Waals surface area contributed by atoms with Crippen molar-refractivity contribution in [1.29, 1.82) is 0 Å². The van der Waals surface area contributed by atoms with Crippen LogP contribution in [0.2, 0.25) is 0 Å². The molecule has 0 unspecified atom stereocenters. The first-order valence-electron chi connectivity index (χ1n) is 3.74. The van der Waals surface area contributed by atoms with Crippen LogP contribution in [0, 0.1) is 4.77 Å². The van der Waals surface area contributed by atoms with Gasteiger partial charge in [0, 0.05) is 24.3 Å². The number of fused-ring (bicyclic) bond motifs is 1. The zero-order valence-corrected chi connectivity index (χ0v) is 7.44. The summed E-state index contributed by atoms with van der Waals surface area (Å²) in [5.41, 5.74) is 1.60. The summed E-state index contributed by atoms with van der Waals surface area (Å²) in [6, 6.07) is 0. The Morgan fingerprint density at radius 1 is 1.54 bits per heavy atom. The number of H-pyrrole nitrogens is 1. The normalized spacial score (nSPS) is 14.2. The summed E-state index contributed by atoms with van der Waals surface area (Å²) < 4.78 is 0.222. The number of aromatic carboxylic acids is 1. The molecule has 13 heavy (non-hydrogen) atoms. The van der Waals surface area contributed by atoms with E-state index in [1.165, 1.54) is 0 Å². The molecule has 0 bridgehead atoms. The second kappa shape index (κ2) is 2.90. The number of nitrogens with one attached hydrogen (secondary N) is 2. The van der Waals surface area contributed by atoms with Crippen molar-refractivity contribution in [3.63, 3.8) is 0 Å². The molecule has 1 aliphatic heterocycles. The quantitative estimate of drug-likeness (QED) is 0.569. The minimum Gasteiger partial charge on any atom is -0.476 e. The molecule has 1 aromatic rings. The van der Waals surface area contributed by atoms with Crippen LogP contribution in [0.1, 0.15) is 21.7 Å². The highest BCUT2D eigenvalue weighted by Gasteiger charge is 2.20. The van der Waals surface area contributed by atoms with Crippen LogP contribution in [0.4, 0.5) is 0 Å². The lowest BCUT2D eigenvalue weighted by molar-refractivity contribution is 0.0688. The Labute approximate surface area is 78.8 Å². The van der Waals surface area contributed by atoms with E-state index in [1.807, 2.05) is 0 Å². The summed E-state index contributed by atoms with van der Waals surface area (Å²) in [6.45, 7) is 1.16. The van der Waals surface area contributed by atoms with Crippen LogP contribution < -0.4 is 5.32 Å². The van der Waals surface area contributed by atoms with Gasteiger partial charge in [-0.25, -0.2) is 9.78 Å². The van der Waals surface area contributed by atoms with Crippen LogP contribution in [-0.4, -0.2) is 21.0 Å². The molecular weight excluding hydrogens is 190 g/mol. The fraction of sp³-hybridized carbons (Fsp3) is 0.286. The van der Waals surface area contributed by atoms with E-state index in [4.69, 9.17) is 17.3 Å². The molecule has 5 nitrogen and oxygen atoms in total. The SMILES string of the molecule is O=C(O)c1nc(=S)[nH]c2c1CNC2. The Morgan fingerprint density at radius 2 is 2.31 bits per heavy atom. The van der Waals surface area contributed by atoms with E-state index in [2.05, 4.69) is 15.3 Å². The lowest BCUT2D eigenvalue weighted by Crippen LogP contribution is -2.08. The van der Waals surface area contributed by atoms with Crippen LogP contribution >= 0.6 is 12.2 Å². The van der Waals surface area contributed by atoms with E-state index in [9.17, 15) is 4.79 Å². The molecule has 6 heteroatoms. The van der Waals surface area contributed by atoms with Crippen molar-refractivity contribution in [3.8, 4) is 0 Å². The van der Waals surface area contributed by atoms with Crippen molar-refractivity contribution in [2.45, 2.75) is 13.1 Å². The van der Waals surface area contributed by atoms with Gasteiger partial charge in [-0.1, -0.05) is 0 Å². The molecule has 0 spiro atoms. The van der Waals surface area contributed by atoms with Gasteiger partial charge in [0.2, 0.25) is 0 Å². The minimum absolute atomic E-state index is 0.0590. The predicted molar refractivity (Wildman–Crippen MR) is 46.9 cm³/mol. The van der Waals surface area contributed by atoms with E-state index >= 15 is 0 Å². The first kappa shape index (κ1) is 8.33. The molecule has 68 valence electrons. The largest absolute Gasteiger partial charge is 0.476 e. The monoisotopic (exact) mass is 197 g/mol. The number of hydrogen-bond donors (Lipinski definition) is 3. The van der Waals surface area contributed by atoms with Crippen molar-refractivity contribution < 1.29 is 9.90 Å². The number of rotatable bonds is 1. The van der Waals surface area contributed by atoms with Gasteiger partial charge in [0.15, 0.2) is 10.5 Å². The van der Waals surface area contributed by atoms with Crippen LogP contribution in [0.15, 0.2) is 0 Å². The van der Waals surface area contributed by atoms with Crippen molar-refractivity contribution in [1.82, 2.24) is 15.3 Å². The number of carboxylic acid groups (broad SMARTS) is 1. The van der Waals surface area contributed by atoms with Crippen LogP contribution in [-0.2, 0) is 13.1 Å². The Morgan fingerprint density at radius 3 is 3.00 bits per heavy atom. The van der Waals surface area contributed by atoms with Gasteiger partial charge >= 0.3 is 5.97 Å². The third kappa shape index (κ3) is 1.34. The summed E-state index contributed by atoms with van der Waals surface area (Å²) >= 11 is 4.80. The highest BCUT2D eigenvalue weighted by atomic mass is 32.1. The van der Waals surface area contributed by atoms with Crippen LogP contribution in [0.25, 0.3) is 0 Å². The molecule has 3 N–H and O–H groups in total. The average molecular weight is 197 g/mol. The molecule has 0 aromatic carbocycles. The summed E-state index contributed by atoms with van der Waals surface area (Å²) in [5, 5.41) is 11.9. The lowest BCUT2D eigenvalue weighted by atomic mass is 10.2. The fourth-order valence-corrected chi connectivity index (χ4v) is 1.59. The first-order valence-corrected chi connectivity index (χ1v) is 4.15. The number of carboxylic acids is 1. The van der Waals surface area contributed by atoms with Gasteiger partial charge < -0.3 is 15.4 Å². The van der Waals surface area contributed by atoms with E-state index in [0.717, 1.165) is 5.69 Å². The number of nitrogens with zero attached hydrogens (tertiary/aromatic N) is 1. The first-order chi connectivity index (χ1) is 6.18. The van der Waals surface area contributed by atoms with Gasteiger partial charge in [0.25, 0.3) is 0 Å². The van der Waals surface area contributed by atoms with Crippen LogP contribution in [0.3, 0.4) is 0 Å². The van der Waals surface area contributed by atoms with Gasteiger partial charge in [-0.05, 0) is 12.2 Å². The highest BCUT2D eigenvalue weighted by Crippen LogP contribution is 2.15. The van der Waals surface area contributed by atoms with Crippen molar-refractivity contribution >= 4 is 18.2 Å². The van der Waals surface area contributed by atoms with E-state index in [0.29, 0.717) is 18.7 Å². The molecule has 0 aliphatic carbocycles. The molecule has 0 amide bonds. The Kier molecular flexibility index (Phi) is 1.86. The topological polar surface area (TPSA) is 78.0 Å². The Balaban J connectivity index is 2.69. The minimum atomic E-state index is -1.03. The number of hydrogen-bond acceptors (Lipinski definition) is 4. The van der Waals surface area contributed by atoms with E-state index in [1.54, 1.807) is 0 Å². The van der Waals surface area contributed by atoms with E-state index < -0.39 is 5.97 Å². The smallest absolute Gasteiger partial charge is 0.355 e. The summed E-state index contributed by atoms with van der Waals surface area (Å²) in [4.78, 5) is 17.4. The molecule has 1 aromatic heterocycles. The fourth-order valence-electron chi connectivity index (χ4n) is 1.38. The van der Waals surface area contributed by atoms with Gasteiger partial charge in [-0.3, -0.25) is 0 Å². The van der Waals surface area contributed by atoms with Crippen molar-refractivity contribution in [2.75, 3.05) is 0 Å². The molecular formula is C7H7N3O2S. The van der Waals surface area contributed by atoms with Crippen LogP contribution in [0.5, 0.6) is 0 Å². The van der Waals surface area contributed by atoms with Gasteiger partial charge in [0.05, 0.1) is 0 Å². The van der Waals surface area contributed by atoms with Gasteiger partial charge in [0.1, 0.15) is 0 Å². The molecule has 0 saturated heterocycles. The molecule has 2 rings (SSSR count). The third-order valence-electron chi connectivity index (χ3n) is 1.93.